The van der Waals surface area contributed by atoms with Gasteiger partial charge in [0.25, 0.3) is 23.0 Å². The van der Waals surface area contributed by atoms with Crippen molar-refractivity contribution in [3.63, 3.8) is 0 Å². The van der Waals surface area contributed by atoms with Gasteiger partial charge >= 0.3 is 0 Å². The van der Waals surface area contributed by atoms with Gasteiger partial charge in [-0.2, -0.15) is 0 Å². The second-order valence-corrected chi connectivity index (χ2v) is 7.44. The summed E-state index contributed by atoms with van der Waals surface area (Å²) in [6, 6.07) is 10.8. The second kappa shape index (κ2) is 6.53. The molecule has 2 heterocycles. The molecule has 6 nitrogen and oxygen atoms in total. The number of carbonyl (C=O) groups is 4. The first-order valence-corrected chi connectivity index (χ1v) is 9.16. The SMILES string of the molecule is O=C1NC(=O)C(=C2C(=O)N(C(=O)c3ccc(Cl)c(Cl)c3)c3ccccc32)S1. The fourth-order valence-electron chi connectivity index (χ4n) is 2.87. The zero-order valence-corrected chi connectivity index (χ0v) is 15.6. The smallest absolute Gasteiger partial charge is 0.282 e. The van der Waals surface area contributed by atoms with E-state index in [2.05, 4.69) is 5.32 Å². The van der Waals surface area contributed by atoms with E-state index in [-0.39, 0.29) is 26.1 Å². The third-order valence-electron chi connectivity index (χ3n) is 4.04. The molecule has 1 fully saturated rings. The first kappa shape index (κ1) is 17.8. The van der Waals surface area contributed by atoms with Crippen LogP contribution in [0.5, 0.6) is 0 Å². The predicted molar refractivity (Wildman–Crippen MR) is 103 cm³/mol. The number of anilines is 1. The molecule has 134 valence electrons. The number of rotatable bonds is 1. The van der Waals surface area contributed by atoms with Crippen molar-refractivity contribution in [1.82, 2.24) is 5.32 Å². The highest BCUT2D eigenvalue weighted by atomic mass is 35.5. The number of benzene rings is 2. The summed E-state index contributed by atoms with van der Waals surface area (Å²) < 4.78 is 0. The van der Waals surface area contributed by atoms with E-state index < -0.39 is 23.0 Å². The van der Waals surface area contributed by atoms with E-state index in [9.17, 15) is 19.2 Å². The van der Waals surface area contributed by atoms with Gasteiger partial charge in [-0.1, -0.05) is 41.4 Å². The van der Waals surface area contributed by atoms with Crippen LogP contribution in [-0.2, 0) is 9.59 Å². The van der Waals surface area contributed by atoms with Gasteiger partial charge in [0.15, 0.2) is 0 Å². The van der Waals surface area contributed by atoms with Crippen LogP contribution in [0.3, 0.4) is 0 Å². The lowest BCUT2D eigenvalue weighted by Crippen LogP contribution is -2.33. The lowest BCUT2D eigenvalue weighted by Gasteiger charge is -2.15. The number of fused-ring (bicyclic) bond motifs is 1. The zero-order chi connectivity index (χ0) is 19.3. The standard InChI is InChI=1S/C18H8Cl2N2O4S/c19-10-6-5-8(7-11(10)20)16(24)22-12-4-2-1-3-9(12)13(17(22)25)14-15(23)21-18(26)27-14/h1-7H,(H,21,23,26). The van der Waals surface area contributed by atoms with Crippen molar-refractivity contribution < 1.29 is 19.2 Å². The van der Waals surface area contributed by atoms with Crippen molar-refractivity contribution in [2.45, 2.75) is 0 Å². The topological polar surface area (TPSA) is 83.6 Å². The number of hydrogen-bond acceptors (Lipinski definition) is 5. The molecule has 4 rings (SSSR count). The normalized spacial score (nSPS) is 18.7. The fourth-order valence-corrected chi connectivity index (χ4v) is 3.94. The molecule has 0 aliphatic carbocycles. The third kappa shape index (κ3) is 2.84. The monoisotopic (exact) mass is 418 g/mol. The Morgan fingerprint density at radius 3 is 2.41 bits per heavy atom. The molecule has 2 aliphatic rings. The quantitative estimate of drug-likeness (QED) is 0.561. The highest BCUT2D eigenvalue weighted by Crippen LogP contribution is 2.43. The minimum absolute atomic E-state index is 0.0207. The van der Waals surface area contributed by atoms with Gasteiger partial charge in [0, 0.05) is 11.1 Å². The van der Waals surface area contributed by atoms with Crippen LogP contribution in [0.1, 0.15) is 15.9 Å². The summed E-state index contributed by atoms with van der Waals surface area (Å²) in [4.78, 5) is 50.6. The van der Waals surface area contributed by atoms with Crippen LogP contribution in [0.4, 0.5) is 10.5 Å². The molecule has 0 radical (unpaired) electrons. The summed E-state index contributed by atoms with van der Waals surface area (Å²) >= 11 is 12.5. The number of imide groups is 2. The van der Waals surface area contributed by atoms with Gasteiger partial charge in [-0.15, -0.1) is 0 Å². The minimum atomic E-state index is -0.681. The average Bonchev–Trinajstić information content (AvgIpc) is 3.11. The highest BCUT2D eigenvalue weighted by molar-refractivity contribution is 8.18. The predicted octanol–water partition coefficient (Wildman–Crippen LogP) is 3.87. The van der Waals surface area contributed by atoms with Gasteiger partial charge in [0.2, 0.25) is 0 Å². The van der Waals surface area contributed by atoms with Crippen LogP contribution in [-0.4, -0.2) is 23.0 Å². The highest BCUT2D eigenvalue weighted by Gasteiger charge is 2.42. The van der Waals surface area contributed by atoms with Crippen LogP contribution in [0.2, 0.25) is 10.0 Å². The van der Waals surface area contributed by atoms with Crippen molar-refractivity contribution in [2.24, 2.45) is 0 Å². The Balaban J connectivity index is 1.86. The molecule has 4 amide bonds. The van der Waals surface area contributed by atoms with E-state index >= 15 is 0 Å². The Morgan fingerprint density at radius 1 is 1.00 bits per heavy atom. The maximum Gasteiger partial charge on any atom is 0.290 e. The summed E-state index contributed by atoms with van der Waals surface area (Å²) in [5.74, 6) is -1.96. The number of hydrogen-bond donors (Lipinski definition) is 1. The van der Waals surface area contributed by atoms with E-state index in [0.29, 0.717) is 23.0 Å². The molecule has 0 atom stereocenters. The first-order valence-electron chi connectivity index (χ1n) is 7.59. The van der Waals surface area contributed by atoms with Crippen molar-refractivity contribution in [3.05, 3.63) is 68.5 Å². The molecule has 0 bridgehead atoms. The number of nitrogens with zero attached hydrogens (tertiary/aromatic N) is 1. The maximum atomic E-state index is 13.1. The van der Waals surface area contributed by atoms with Gasteiger partial charge in [-0.25, -0.2) is 4.90 Å². The van der Waals surface area contributed by atoms with Gasteiger partial charge < -0.3 is 0 Å². The molecule has 27 heavy (non-hydrogen) atoms. The molecule has 2 aromatic carbocycles. The van der Waals surface area contributed by atoms with Crippen molar-refractivity contribution in [2.75, 3.05) is 4.90 Å². The van der Waals surface area contributed by atoms with Gasteiger partial charge in [-0.05, 0) is 36.0 Å². The molecular formula is C18H8Cl2N2O4S. The van der Waals surface area contributed by atoms with E-state index in [1.54, 1.807) is 24.3 Å². The van der Waals surface area contributed by atoms with E-state index in [1.807, 2.05) is 0 Å². The molecule has 0 unspecified atom stereocenters. The van der Waals surface area contributed by atoms with Crippen LogP contribution >= 0.6 is 35.0 Å². The van der Waals surface area contributed by atoms with Crippen LogP contribution < -0.4 is 10.2 Å². The van der Waals surface area contributed by atoms with Gasteiger partial charge in [0.1, 0.15) is 0 Å². The molecule has 0 aromatic heterocycles. The molecule has 1 saturated heterocycles. The Kier molecular flexibility index (Phi) is 4.30. The first-order chi connectivity index (χ1) is 12.9. The van der Waals surface area contributed by atoms with E-state index in [4.69, 9.17) is 23.2 Å². The van der Waals surface area contributed by atoms with E-state index in [1.165, 1.54) is 18.2 Å². The summed E-state index contributed by atoms with van der Waals surface area (Å²) in [6.45, 7) is 0. The molecule has 2 aromatic rings. The molecule has 2 aliphatic heterocycles. The largest absolute Gasteiger partial charge is 0.290 e. The van der Waals surface area contributed by atoms with Gasteiger partial charge in [0.05, 0.1) is 26.2 Å². The molecule has 9 heteroatoms. The number of amides is 4. The molecule has 1 N–H and O–H groups in total. The van der Waals surface area contributed by atoms with Crippen molar-refractivity contribution in [1.29, 1.82) is 0 Å². The summed E-state index contributed by atoms with van der Waals surface area (Å²) in [7, 11) is 0. The second-order valence-electron chi connectivity index (χ2n) is 5.64. The van der Waals surface area contributed by atoms with Gasteiger partial charge in [-0.3, -0.25) is 24.5 Å². The van der Waals surface area contributed by atoms with Crippen LogP contribution in [0, 0.1) is 0 Å². The number of para-hydroxylation sites is 1. The zero-order valence-electron chi connectivity index (χ0n) is 13.3. The number of nitrogens with one attached hydrogen (secondary N) is 1. The Bertz CT molecular complexity index is 1100. The minimum Gasteiger partial charge on any atom is -0.282 e. The third-order valence-corrected chi connectivity index (χ3v) is 5.66. The average molecular weight is 419 g/mol. The summed E-state index contributed by atoms with van der Waals surface area (Å²) in [5.41, 5.74) is 0.919. The maximum absolute atomic E-state index is 13.1. The Hall–Kier alpha value is -2.61. The molecular weight excluding hydrogens is 411 g/mol. The Labute approximate surface area is 167 Å². The Morgan fingerprint density at radius 2 is 1.74 bits per heavy atom. The number of thioether (sulfide) groups is 1. The number of halogens is 2. The van der Waals surface area contributed by atoms with Crippen LogP contribution in [0.25, 0.3) is 5.57 Å². The fraction of sp³-hybridized carbons (Fsp3) is 0. The number of carbonyl (C=O) groups excluding carboxylic acids is 4. The lowest BCUT2D eigenvalue weighted by molar-refractivity contribution is -0.116. The molecule has 0 spiro atoms. The summed E-state index contributed by atoms with van der Waals surface area (Å²) in [6.07, 6.45) is 0. The van der Waals surface area contributed by atoms with Crippen LogP contribution in [0.15, 0.2) is 47.4 Å². The van der Waals surface area contributed by atoms with Crippen molar-refractivity contribution in [3.8, 4) is 0 Å². The summed E-state index contributed by atoms with van der Waals surface area (Å²) in [5, 5.41) is 2.01. The lowest BCUT2D eigenvalue weighted by atomic mass is 10.1. The van der Waals surface area contributed by atoms with Crippen molar-refractivity contribution >= 4 is 69.2 Å². The van der Waals surface area contributed by atoms with E-state index in [0.717, 1.165) is 4.90 Å². The molecule has 0 saturated carbocycles.